The van der Waals surface area contributed by atoms with Gasteiger partial charge in [0.1, 0.15) is 0 Å². The molecule has 0 fully saturated rings. The summed E-state index contributed by atoms with van der Waals surface area (Å²) < 4.78 is 0. The molecule has 0 saturated carbocycles. The number of hydrogen-bond donors (Lipinski definition) is 0. The van der Waals surface area contributed by atoms with Crippen LogP contribution < -0.4 is 29.4 Å². The van der Waals surface area contributed by atoms with Crippen LogP contribution in [0.3, 0.4) is 0 Å². The van der Waals surface area contributed by atoms with Crippen LogP contribution in [0.1, 0.15) is 0 Å². The van der Waals surface area contributed by atoms with Crippen LogP contribution in [0.5, 0.6) is 0 Å². The molecule has 11 heavy (non-hydrogen) atoms. The maximum Gasteiger partial charge on any atom is 0 e. The van der Waals surface area contributed by atoms with E-state index in [1.54, 1.807) is 0 Å². The second-order valence-corrected chi connectivity index (χ2v) is 5.37. The van der Waals surface area contributed by atoms with Gasteiger partial charge in [-0.05, 0) is 0 Å². The van der Waals surface area contributed by atoms with E-state index in [0.717, 1.165) is 0 Å². The molecule has 0 bridgehead atoms. The molecule has 0 heterocycles. The minimum Gasteiger partial charge on any atom is -0.844 e. The molecule has 0 aromatic carbocycles. The van der Waals surface area contributed by atoms with Gasteiger partial charge in [-0.2, -0.15) is 23.6 Å². The van der Waals surface area contributed by atoms with Gasteiger partial charge in [-0.3, -0.25) is 0 Å². The molecule has 0 N–H and O–H groups in total. The standard InChI is InChI=1S/Mo.2H3O3PS/c;2*1-4(2,3)5/h;2*(H3,1,2,3,5)/p-6. The topological polar surface area (TPSA) is 138 Å². The van der Waals surface area contributed by atoms with Gasteiger partial charge in [-0.15, -0.1) is 0 Å². The third-order valence-corrected chi connectivity index (χ3v) is 0. The average molecular weight is 318 g/mol. The van der Waals surface area contributed by atoms with Gasteiger partial charge in [-0.25, -0.2) is 0 Å². The average Bonchev–Trinajstić information content (AvgIpc) is 1.12. The molecule has 0 rings (SSSR count). The molecular formula is MoO6P2S2-6. The van der Waals surface area contributed by atoms with E-state index in [1.165, 1.54) is 0 Å². The third kappa shape index (κ3) is 365. The van der Waals surface area contributed by atoms with Crippen molar-refractivity contribution < 1.29 is 50.4 Å². The summed E-state index contributed by atoms with van der Waals surface area (Å²) in [6.45, 7) is -9.11. The van der Waals surface area contributed by atoms with E-state index in [2.05, 4.69) is 23.6 Å². The number of rotatable bonds is 0. The Balaban J connectivity index is -0.000000107. The van der Waals surface area contributed by atoms with Crippen molar-refractivity contribution in [3.8, 4) is 0 Å². The Morgan fingerprint density at radius 3 is 0.636 bits per heavy atom. The molecule has 0 aliphatic rings. The molecule has 0 aromatic heterocycles. The summed E-state index contributed by atoms with van der Waals surface area (Å²) in [5, 5.41) is 0. The van der Waals surface area contributed by atoms with Crippen molar-refractivity contribution in [3.05, 3.63) is 0 Å². The van der Waals surface area contributed by atoms with Crippen LogP contribution >= 0.6 is 13.4 Å². The van der Waals surface area contributed by atoms with Crippen LogP contribution in [0.25, 0.3) is 0 Å². The van der Waals surface area contributed by atoms with Crippen LogP contribution in [-0.4, -0.2) is 0 Å². The fraction of sp³-hybridized carbons (Fsp3) is 0. The van der Waals surface area contributed by atoms with E-state index in [-0.39, 0.29) is 21.1 Å². The van der Waals surface area contributed by atoms with Crippen LogP contribution in [-0.2, 0) is 44.7 Å². The molecule has 0 atom stereocenters. The minimum absolute atomic E-state index is 0. The largest absolute Gasteiger partial charge is 0.844 e. The Bertz CT molecular complexity index is 131. The quantitative estimate of drug-likeness (QED) is 0.318. The van der Waals surface area contributed by atoms with Crippen molar-refractivity contribution in [1.29, 1.82) is 0 Å². The summed E-state index contributed by atoms with van der Waals surface area (Å²) >= 11 is 6.54. The Kier molecular flexibility index (Phi) is 12.1. The van der Waals surface area contributed by atoms with E-state index in [4.69, 9.17) is 29.4 Å². The molecule has 0 saturated heterocycles. The Morgan fingerprint density at radius 2 is 0.636 bits per heavy atom. The van der Waals surface area contributed by atoms with E-state index < -0.39 is 13.4 Å². The van der Waals surface area contributed by atoms with Crippen molar-refractivity contribution in [2.75, 3.05) is 0 Å². The van der Waals surface area contributed by atoms with E-state index in [9.17, 15) is 0 Å². The summed E-state index contributed by atoms with van der Waals surface area (Å²) in [5.74, 6) is 0. The molecule has 0 unspecified atom stereocenters. The Labute approximate surface area is 87.3 Å². The van der Waals surface area contributed by atoms with Crippen molar-refractivity contribution >= 4 is 37.1 Å². The van der Waals surface area contributed by atoms with Gasteiger partial charge in [0.15, 0.2) is 0 Å². The minimum atomic E-state index is -4.56. The normalized spacial score (nSPS) is 10.7. The molecule has 0 amide bonds. The predicted octanol–water partition coefficient (Wildman–Crippen LogP) is -5.42. The molecule has 6 nitrogen and oxygen atoms in total. The summed E-state index contributed by atoms with van der Waals surface area (Å²) in [6, 6.07) is 0. The summed E-state index contributed by atoms with van der Waals surface area (Å²) in [6.07, 6.45) is 0. The molecule has 0 radical (unpaired) electrons. The van der Waals surface area contributed by atoms with E-state index in [1.807, 2.05) is 0 Å². The first-order valence-electron chi connectivity index (χ1n) is 1.46. The molecular weight excluding hydrogens is 318 g/mol. The first-order valence-corrected chi connectivity index (χ1v) is 6.57. The van der Waals surface area contributed by atoms with E-state index in [0.29, 0.717) is 0 Å². The van der Waals surface area contributed by atoms with Gasteiger partial charge >= 0.3 is 0 Å². The van der Waals surface area contributed by atoms with Crippen molar-refractivity contribution in [3.63, 3.8) is 0 Å². The number of hydrogen-bond acceptors (Lipinski definition) is 8. The summed E-state index contributed by atoms with van der Waals surface area (Å²) in [7, 11) is 0. The van der Waals surface area contributed by atoms with Gasteiger partial charge in [-0.1, -0.05) is 0 Å². The third-order valence-electron chi connectivity index (χ3n) is 0. The monoisotopic (exact) mass is 320 g/mol. The van der Waals surface area contributed by atoms with Gasteiger partial charge in [0.2, 0.25) is 0 Å². The Hall–Kier alpha value is 1.75. The molecule has 11 heteroatoms. The predicted molar refractivity (Wildman–Crippen MR) is 28.6 cm³/mol. The first-order chi connectivity index (χ1) is 4.00. The summed E-state index contributed by atoms with van der Waals surface area (Å²) in [5.41, 5.74) is 0. The maximum atomic E-state index is 8.92. The van der Waals surface area contributed by atoms with Crippen molar-refractivity contribution in [1.82, 2.24) is 0 Å². The van der Waals surface area contributed by atoms with Crippen molar-refractivity contribution in [2.24, 2.45) is 0 Å². The molecule has 70 valence electrons. The fourth-order valence-electron chi connectivity index (χ4n) is 0. The molecule has 0 aliphatic heterocycles. The molecule has 0 aliphatic carbocycles. The molecule has 0 spiro atoms. The maximum absolute atomic E-state index is 8.92. The zero-order chi connectivity index (χ0) is 9.00. The second kappa shape index (κ2) is 7.18. The summed E-state index contributed by atoms with van der Waals surface area (Å²) in [4.78, 5) is 53.5. The SMILES string of the molecule is [Mo].[O-]P([O-])([O-])=S.[O-]P([O-])([O-])=S. The zero-order valence-corrected chi connectivity index (χ0v) is 10.00. The van der Waals surface area contributed by atoms with Crippen LogP contribution in [0, 0.1) is 0 Å². The van der Waals surface area contributed by atoms with E-state index >= 15 is 0 Å². The van der Waals surface area contributed by atoms with Gasteiger partial charge in [0.05, 0.1) is 0 Å². The van der Waals surface area contributed by atoms with Crippen LogP contribution in [0.2, 0.25) is 0 Å². The van der Waals surface area contributed by atoms with Gasteiger partial charge in [0.25, 0.3) is 0 Å². The Morgan fingerprint density at radius 1 is 0.636 bits per heavy atom. The van der Waals surface area contributed by atoms with Crippen LogP contribution in [0.4, 0.5) is 0 Å². The first kappa shape index (κ1) is 18.5. The second-order valence-electron chi connectivity index (χ2n) is 0.894. The van der Waals surface area contributed by atoms with Crippen LogP contribution in [0.15, 0.2) is 0 Å². The van der Waals surface area contributed by atoms with Crippen molar-refractivity contribution in [2.45, 2.75) is 0 Å². The van der Waals surface area contributed by atoms with Gasteiger partial charge < -0.3 is 42.8 Å². The smallest absolute Gasteiger partial charge is 0 e. The van der Waals surface area contributed by atoms with Gasteiger partial charge in [0, 0.05) is 21.1 Å². The zero-order valence-electron chi connectivity index (χ0n) is 4.57. The fourth-order valence-corrected chi connectivity index (χ4v) is 0. The molecule has 0 aromatic rings.